The minimum atomic E-state index is 0.224. The highest BCUT2D eigenvalue weighted by atomic mass is 127. The van der Waals surface area contributed by atoms with Gasteiger partial charge in [-0.25, -0.2) is 14.4 Å². The lowest BCUT2D eigenvalue weighted by Crippen LogP contribution is -2.04. The first-order valence-corrected chi connectivity index (χ1v) is 19.3. The molecule has 48 heavy (non-hydrogen) atoms. The Kier molecular flexibility index (Phi) is 9.10. The fourth-order valence-electron chi connectivity index (χ4n) is 5.84. The molecule has 0 N–H and O–H groups in total. The predicted octanol–water partition coefficient (Wildman–Crippen LogP) is 9.22. The van der Waals surface area contributed by atoms with Crippen LogP contribution in [-0.2, 0) is 13.7 Å². The number of fused-ring (bicyclic) bond motifs is 1. The molecule has 0 aliphatic heterocycles. The van der Waals surface area contributed by atoms with Crippen molar-refractivity contribution in [3.8, 4) is 34.2 Å². The number of aryl methyl sites for hydroxylation is 1. The van der Waals surface area contributed by atoms with E-state index in [-0.39, 0.29) is 5.69 Å². The second kappa shape index (κ2) is 13.9. The van der Waals surface area contributed by atoms with Crippen molar-refractivity contribution in [1.29, 1.82) is 5.26 Å². The number of hydrogen-bond acceptors (Lipinski definition) is 6. The van der Waals surface area contributed by atoms with Crippen LogP contribution in [0, 0.1) is 18.3 Å². The van der Waals surface area contributed by atoms with Crippen molar-refractivity contribution in [2.75, 3.05) is 0 Å². The number of rotatable bonds is 9. The fourth-order valence-corrected chi connectivity index (χ4v) is 6.80. The minimum absolute atomic E-state index is 0.224. The lowest BCUT2D eigenvalue weighted by Gasteiger charge is -2.18. The van der Waals surface area contributed by atoms with Gasteiger partial charge in [-0.15, -0.1) is 5.10 Å². The van der Waals surface area contributed by atoms with Crippen LogP contribution in [0.5, 0.6) is 5.75 Å². The maximum Gasteiger partial charge on any atom is 0.169 e. The van der Waals surface area contributed by atoms with Crippen molar-refractivity contribution in [1.82, 2.24) is 24.3 Å². The molecule has 234 valence electrons. The van der Waals surface area contributed by atoms with E-state index in [1.54, 1.807) is 0 Å². The molecule has 0 aliphatic rings. The summed E-state index contributed by atoms with van der Waals surface area (Å²) in [6.45, 7) is 2.47. The Morgan fingerprint density at radius 1 is 0.875 bits per heavy atom. The van der Waals surface area contributed by atoms with E-state index in [1.165, 1.54) is 0 Å². The van der Waals surface area contributed by atoms with E-state index in [4.69, 9.17) is 14.7 Å². The first-order valence-electron chi connectivity index (χ1n) is 15.2. The van der Waals surface area contributed by atoms with E-state index >= 15 is 0 Å². The Balaban J connectivity index is 1.55. The Hall–Kier alpha value is -5.17. The lowest BCUT2D eigenvalue weighted by atomic mass is 9.93. The molecule has 1 unspecified atom stereocenters. The van der Waals surface area contributed by atoms with Crippen LogP contribution in [0.3, 0.4) is 0 Å². The predicted molar refractivity (Wildman–Crippen MR) is 201 cm³/mol. The molecule has 3 heterocycles. The van der Waals surface area contributed by atoms with Gasteiger partial charge in [0, 0.05) is 40.9 Å². The van der Waals surface area contributed by atoms with Gasteiger partial charge in [0.2, 0.25) is 0 Å². The number of aliphatic imine (C=N–C) groups is 1. The highest BCUT2D eigenvalue weighted by Crippen LogP contribution is 2.46. The summed E-state index contributed by atoms with van der Waals surface area (Å²) in [7, 11) is 1.93. The number of hydrogen-bond donors (Lipinski definition) is 0. The molecule has 4 aromatic carbocycles. The van der Waals surface area contributed by atoms with Gasteiger partial charge in [0.15, 0.2) is 5.69 Å². The fraction of sp³-hybridized carbons (Fsp3) is 0.0789. The van der Waals surface area contributed by atoms with E-state index in [0.717, 1.165) is 55.8 Å². The Labute approximate surface area is 293 Å². The summed E-state index contributed by atoms with van der Waals surface area (Å²) in [5.74, 6) is 0.746. The van der Waals surface area contributed by atoms with Gasteiger partial charge in [0.25, 0.3) is 0 Å². The summed E-state index contributed by atoms with van der Waals surface area (Å²) in [5.41, 5.74) is 9.18. The van der Waals surface area contributed by atoms with Crippen LogP contribution in [0.1, 0.15) is 27.9 Å². The monoisotopic (exact) mass is 757 g/mol. The quantitative estimate of drug-likeness (QED) is 0.0832. The van der Waals surface area contributed by atoms with Crippen LogP contribution in [0.15, 0.2) is 127 Å². The van der Waals surface area contributed by atoms with Crippen LogP contribution in [-0.4, -0.2) is 30.0 Å². The third-order valence-corrected chi connectivity index (χ3v) is 10.0. The number of benzene rings is 4. The SMILES string of the molecule is Cc1c(OCc2ccccc2)cccc1-c1c(N=C(c2ccccc2)c2ccccc2)c(C#N)nc2c1c(-c1cn(PI)nn1)cn2C. The molecule has 7 rings (SSSR count). The van der Waals surface area contributed by atoms with Gasteiger partial charge < -0.3 is 9.30 Å². The van der Waals surface area contributed by atoms with Crippen LogP contribution in [0.25, 0.3) is 33.4 Å². The van der Waals surface area contributed by atoms with Crippen molar-refractivity contribution in [2.45, 2.75) is 13.5 Å². The topological polar surface area (TPSA) is 93.9 Å². The Morgan fingerprint density at radius 3 is 2.17 bits per heavy atom. The van der Waals surface area contributed by atoms with Crippen LogP contribution in [0.4, 0.5) is 5.69 Å². The van der Waals surface area contributed by atoms with Gasteiger partial charge in [-0.3, -0.25) is 0 Å². The molecular weight excluding hydrogens is 728 g/mol. The molecule has 1 atom stereocenters. The molecule has 0 saturated heterocycles. The minimum Gasteiger partial charge on any atom is -0.489 e. The molecule has 0 fully saturated rings. The third kappa shape index (κ3) is 6.13. The third-order valence-electron chi connectivity index (χ3n) is 8.15. The molecule has 0 aliphatic carbocycles. The van der Waals surface area contributed by atoms with Crippen molar-refractivity contribution < 1.29 is 4.74 Å². The molecule has 0 bridgehead atoms. The van der Waals surface area contributed by atoms with Crippen LogP contribution >= 0.6 is 28.4 Å². The summed E-state index contributed by atoms with van der Waals surface area (Å²) in [4.78, 5) is 10.3. The summed E-state index contributed by atoms with van der Waals surface area (Å²) in [6.07, 6.45) is 4.34. The van der Waals surface area contributed by atoms with E-state index in [1.807, 2.05) is 139 Å². The molecule has 10 heteroatoms. The maximum atomic E-state index is 10.6. The van der Waals surface area contributed by atoms with Gasteiger partial charge in [-0.05, 0) is 51.7 Å². The zero-order valence-corrected chi connectivity index (χ0v) is 29.3. The van der Waals surface area contributed by atoms with Crippen LogP contribution < -0.4 is 4.74 Å². The first kappa shape index (κ1) is 31.4. The highest BCUT2D eigenvalue weighted by Gasteiger charge is 2.26. The van der Waals surface area contributed by atoms with Crippen molar-refractivity contribution in [3.63, 3.8) is 0 Å². The number of nitriles is 1. The molecule has 7 aromatic rings. The van der Waals surface area contributed by atoms with E-state index in [0.29, 0.717) is 30.0 Å². The van der Waals surface area contributed by atoms with Crippen molar-refractivity contribution in [2.24, 2.45) is 12.0 Å². The van der Waals surface area contributed by atoms with Crippen molar-refractivity contribution in [3.05, 3.63) is 150 Å². The van der Waals surface area contributed by atoms with E-state index in [2.05, 4.69) is 44.5 Å². The number of halogens is 1. The Morgan fingerprint density at radius 2 is 1.54 bits per heavy atom. The van der Waals surface area contributed by atoms with Gasteiger partial charge in [0.1, 0.15) is 35.5 Å². The second-order valence-corrected chi connectivity index (χ2v) is 13.3. The Bertz CT molecular complexity index is 2270. The van der Waals surface area contributed by atoms with Gasteiger partial charge in [-0.1, -0.05) is 108 Å². The normalized spacial score (nSPS) is 11.2. The summed E-state index contributed by atoms with van der Waals surface area (Å²) >= 11 is 2.29. The zero-order valence-electron chi connectivity index (χ0n) is 26.2. The zero-order chi connectivity index (χ0) is 33.0. The molecule has 0 spiro atoms. The first-order chi connectivity index (χ1) is 23.6. The van der Waals surface area contributed by atoms with E-state index < -0.39 is 0 Å². The molecule has 3 aromatic heterocycles. The number of pyridine rings is 1. The largest absolute Gasteiger partial charge is 0.489 e. The summed E-state index contributed by atoms with van der Waals surface area (Å²) in [5, 5.41) is 20.4. The molecular formula is C38H29IN7OP. The molecule has 0 saturated carbocycles. The average molecular weight is 758 g/mol. The van der Waals surface area contributed by atoms with Crippen LogP contribution in [0.2, 0.25) is 0 Å². The number of ether oxygens (including phenoxy) is 1. The maximum absolute atomic E-state index is 10.6. The summed E-state index contributed by atoms with van der Waals surface area (Å²) < 4.78 is 10.2. The smallest absolute Gasteiger partial charge is 0.169 e. The second-order valence-electron chi connectivity index (χ2n) is 11.2. The summed E-state index contributed by atoms with van der Waals surface area (Å²) in [6, 6.07) is 38.6. The highest BCUT2D eigenvalue weighted by molar-refractivity contribution is 14.2. The van der Waals surface area contributed by atoms with Crippen molar-refractivity contribution >= 4 is 50.8 Å². The van der Waals surface area contributed by atoms with Gasteiger partial charge in [0.05, 0.1) is 18.3 Å². The van der Waals surface area contributed by atoms with Gasteiger partial charge >= 0.3 is 0 Å². The molecule has 8 nitrogen and oxygen atoms in total. The molecule has 0 radical (unpaired) electrons. The molecule has 0 amide bonds. The van der Waals surface area contributed by atoms with E-state index in [9.17, 15) is 5.26 Å². The number of nitrogens with zero attached hydrogens (tertiary/aromatic N) is 7. The number of aromatic nitrogens is 5. The lowest BCUT2D eigenvalue weighted by molar-refractivity contribution is 0.304. The van der Waals surface area contributed by atoms with Gasteiger partial charge in [-0.2, -0.15) is 5.26 Å². The standard InChI is InChI=1S/C38H29IN7OP/c1-25-29(19-12-20-33(25)47-24-26-13-6-3-7-14-26)34-35-30(32-23-46(48-39)44-43-32)22-45(2)38(35)41-31(21-40)37(34)42-36(27-15-8-4-9-16-27)28-17-10-5-11-18-28/h3-20,22-23,48H,24H2,1-2H3. The average Bonchev–Trinajstić information content (AvgIpc) is 3.75.